The van der Waals surface area contributed by atoms with E-state index in [1.165, 1.54) is 0 Å². The van der Waals surface area contributed by atoms with Crippen LogP contribution in [0.15, 0.2) is 109 Å². The van der Waals surface area contributed by atoms with Gasteiger partial charge in [-0.2, -0.15) is 0 Å². The third-order valence-electron chi connectivity index (χ3n) is 8.04. The van der Waals surface area contributed by atoms with Crippen LogP contribution in [0.1, 0.15) is 33.7 Å². The van der Waals surface area contributed by atoms with Gasteiger partial charge in [-0.25, -0.2) is 9.97 Å². The van der Waals surface area contributed by atoms with Crippen LogP contribution in [0.25, 0.3) is 22.5 Å². The Balaban J connectivity index is 1.47. The molecule has 0 amide bonds. The fourth-order valence-corrected chi connectivity index (χ4v) is 7.85. The Morgan fingerprint density at radius 2 is 0.939 bits per heavy atom. The Kier molecular flexibility index (Phi) is 10.5. The molecule has 8 nitrogen and oxygen atoms in total. The van der Waals surface area contributed by atoms with Crippen molar-refractivity contribution >= 4 is 56.3 Å². The molecule has 6 rings (SSSR count). The molecular formula is C39H36N4O4S2. The first kappa shape index (κ1) is 33.6. The monoisotopic (exact) mass is 688 g/mol. The van der Waals surface area contributed by atoms with Gasteiger partial charge in [0.1, 0.15) is 0 Å². The number of carbonyl (C=O) groups is 2. The number of hydrogen-bond acceptors (Lipinski definition) is 8. The summed E-state index contributed by atoms with van der Waals surface area (Å²) in [4.78, 5) is 39.7. The number of aryl methyl sites for hydroxylation is 2. The van der Waals surface area contributed by atoms with Gasteiger partial charge in [0.05, 0.1) is 24.2 Å². The van der Waals surface area contributed by atoms with Crippen LogP contribution in [-0.2, 0) is 16.0 Å². The van der Waals surface area contributed by atoms with Crippen molar-refractivity contribution in [3.05, 3.63) is 130 Å². The SMILES string of the molecule is Cc1ccc(N(CCC(=O)O)c2nc(-c3ccccc3)c(Cc3sc(N(CCC(=O)O)c4ccc(C)cc4)nc3-c3ccccc3)s2)cc1. The first-order chi connectivity index (χ1) is 23.7. The quantitative estimate of drug-likeness (QED) is 0.117. The predicted molar refractivity (Wildman–Crippen MR) is 199 cm³/mol. The molecule has 0 spiro atoms. The molecule has 248 valence electrons. The Bertz CT molecular complexity index is 1880. The lowest BCUT2D eigenvalue weighted by molar-refractivity contribution is -0.137. The van der Waals surface area contributed by atoms with Gasteiger partial charge < -0.3 is 20.0 Å². The summed E-state index contributed by atoms with van der Waals surface area (Å²) < 4.78 is 0. The summed E-state index contributed by atoms with van der Waals surface area (Å²) in [7, 11) is 0. The molecule has 0 bridgehead atoms. The maximum atomic E-state index is 11.7. The summed E-state index contributed by atoms with van der Waals surface area (Å²) in [6, 6.07) is 36.1. The maximum Gasteiger partial charge on any atom is 0.305 e. The summed E-state index contributed by atoms with van der Waals surface area (Å²) >= 11 is 3.10. The zero-order chi connectivity index (χ0) is 34.3. The van der Waals surface area contributed by atoms with Crippen LogP contribution in [0, 0.1) is 13.8 Å². The molecule has 2 heterocycles. The highest BCUT2D eigenvalue weighted by atomic mass is 32.1. The van der Waals surface area contributed by atoms with Gasteiger partial charge in [0, 0.05) is 51.8 Å². The van der Waals surface area contributed by atoms with Crippen LogP contribution < -0.4 is 9.80 Å². The molecule has 0 saturated heterocycles. The van der Waals surface area contributed by atoms with E-state index in [0.717, 1.165) is 54.8 Å². The van der Waals surface area contributed by atoms with Gasteiger partial charge in [-0.05, 0) is 38.1 Å². The van der Waals surface area contributed by atoms with Crippen molar-refractivity contribution in [2.75, 3.05) is 22.9 Å². The number of anilines is 4. The molecule has 0 aliphatic rings. The second-order valence-electron chi connectivity index (χ2n) is 11.7. The second kappa shape index (κ2) is 15.3. The molecule has 2 N–H and O–H groups in total. The van der Waals surface area contributed by atoms with E-state index >= 15 is 0 Å². The highest BCUT2D eigenvalue weighted by molar-refractivity contribution is 7.17. The summed E-state index contributed by atoms with van der Waals surface area (Å²) in [5, 5.41) is 20.6. The van der Waals surface area contributed by atoms with Crippen LogP contribution in [0.5, 0.6) is 0 Å². The number of thiazole rings is 2. The average molecular weight is 689 g/mol. The highest BCUT2D eigenvalue weighted by Crippen LogP contribution is 2.42. The van der Waals surface area contributed by atoms with E-state index in [-0.39, 0.29) is 25.9 Å². The largest absolute Gasteiger partial charge is 0.481 e. The number of aliphatic carboxylic acids is 2. The molecule has 4 aromatic carbocycles. The van der Waals surface area contributed by atoms with Gasteiger partial charge in [0.15, 0.2) is 10.3 Å². The number of aromatic nitrogens is 2. The van der Waals surface area contributed by atoms with E-state index in [1.54, 1.807) is 22.7 Å². The summed E-state index contributed by atoms with van der Waals surface area (Å²) in [5.74, 6) is -1.74. The van der Waals surface area contributed by atoms with Crippen molar-refractivity contribution in [3.63, 3.8) is 0 Å². The standard InChI is InChI=1S/C39H36N4O4S2/c1-26-13-17-30(18-14-26)42(23-21-34(44)45)38-40-36(28-9-5-3-6-10-28)32(48-38)25-33-37(29-11-7-4-8-12-29)41-39(49-33)43(24-22-35(46)47)31-19-15-27(2)16-20-31/h3-20H,21-25H2,1-2H3,(H,44,45)(H,46,47). The molecule has 6 aromatic rings. The number of rotatable bonds is 14. The first-order valence-electron chi connectivity index (χ1n) is 16.0. The Morgan fingerprint density at radius 1 is 0.571 bits per heavy atom. The van der Waals surface area contributed by atoms with Crippen molar-refractivity contribution in [1.82, 2.24) is 9.97 Å². The third kappa shape index (κ3) is 8.22. The van der Waals surface area contributed by atoms with E-state index in [2.05, 4.69) is 0 Å². The lowest BCUT2D eigenvalue weighted by atomic mass is 10.1. The maximum absolute atomic E-state index is 11.7. The number of carboxylic acid groups (broad SMARTS) is 2. The molecule has 0 unspecified atom stereocenters. The van der Waals surface area contributed by atoms with Gasteiger partial charge in [0.25, 0.3) is 0 Å². The molecule has 10 heteroatoms. The molecule has 0 aliphatic heterocycles. The van der Waals surface area contributed by atoms with E-state index < -0.39 is 11.9 Å². The molecule has 0 aliphatic carbocycles. The van der Waals surface area contributed by atoms with Crippen molar-refractivity contribution in [1.29, 1.82) is 0 Å². The van der Waals surface area contributed by atoms with Gasteiger partial charge in [-0.1, -0.05) is 96.1 Å². The molecule has 0 radical (unpaired) electrons. The molecule has 0 saturated carbocycles. The lowest BCUT2D eigenvalue weighted by Crippen LogP contribution is -2.20. The number of benzene rings is 4. The zero-order valence-electron chi connectivity index (χ0n) is 27.2. The van der Waals surface area contributed by atoms with E-state index in [4.69, 9.17) is 9.97 Å². The minimum Gasteiger partial charge on any atom is -0.481 e. The topological polar surface area (TPSA) is 107 Å². The summed E-state index contributed by atoms with van der Waals surface area (Å²) in [6.07, 6.45) is 0.459. The van der Waals surface area contributed by atoms with Crippen LogP contribution in [0.3, 0.4) is 0 Å². The van der Waals surface area contributed by atoms with E-state index in [9.17, 15) is 19.8 Å². The normalized spacial score (nSPS) is 11.0. The fourth-order valence-electron chi connectivity index (χ4n) is 5.47. The smallest absolute Gasteiger partial charge is 0.305 e. The minimum atomic E-state index is -0.872. The second-order valence-corrected chi connectivity index (χ2v) is 13.8. The third-order valence-corrected chi connectivity index (χ3v) is 10.2. The van der Waals surface area contributed by atoms with Crippen molar-refractivity contribution in [2.45, 2.75) is 33.1 Å². The Labute approximate surface area is 293 Å². The van der Waals surface area contributed by atoms with Crippen molar-refractivity contribution in [3.8, 4) is 22.5 Å². The number of hydrogen-bond donors (Lipinski definition) is 2. The first-order valence-corrected chi connectivity index (χ1v) is 17.6. The van der Waals surface area contributed by atoms with E-state index in [0.29, 0.717) is 16.7 Å². The van der Waals surface area contributed by atoms with Crippen molar-refractivity contribution < 1.29 is 19.8 Å². The van der Waals surface area contributed by atoms with Crippen molar-refractivity contribution in [2.24, 2.45) is 0 Å². The summed E-state index contributed by atoms with van der Waals surface area (Å²) in [5.41, 5.74) is 7.60. The number of carboxylic acids is 2. The van der Waals surface area contributed by atoms with Crippen LogP contribution in [-0.4, -0.2) is 45.2 Å². The van der Waals surface area contributed by atoms with E-state index in [1.807, 2.05) is 133 Å². The van der Waals surface area contributed by atoms with Gasteiger partial charge in [0.2, 0.25) is 0 Å². The van der Waals surface area contributed by atoms with Crippen LogP contribution >= 0.6 is 22.7 Å². The molecule has 49 heavy (non-hydrogen) atoms. The highest BCUT2D eigenvalue weighted by Gasteiger charge is 2.24. The van der Waals surface area contributed by atoms with Crippen LogP contribution in [0.4, 0.5) is 21.6 Å². The zero-order valence-corrected chi connectivity index (χ0v) is 28.9. The van der Waals surface area contributed by atoms with Crippen LogP contribution in [0.2, 0.25) is 0 Å². The summed E-state index contributed by atoms with van der Waals surface area (Å²) in [6.45, 7) is 4.59. The Morgan fingerprint density at radius 3 is 1.29 bits per heavy atom. The van der Waals surface area contributed by atoms with Gasteiger partial charge in [-0.15, -0.1) is 22.7 Å². The fraction of sp³-hybridized carbons (Fsp3) is 0.179. The minimum absolute atomic E-state index is 0.0367. The molecule has 2 aromatic heterocycles. The van der Waals surface area contributed by atoms with Gasteiger partial charge in [-0.3, -0.25) is 9.59 Å². The molecular weight excluding hydrogens is 653 g/mol. The average Bonchev–Trinajstić information content (AvgIpc) is 3.72. The molecule has 0 fully saturated rings. The Hall–Kier alpha value is -5.32. The van der Waals surface area contributed by atoms with Gasteiger partial charge >= 0.3 is 11.9 Å². The predicted octanol–water partition coefficient (Wildman–Crippen LogP) is 9.37. The molecule has 0 atom stereocenters. The lowest BCUT2D eigenvalue weighted by Gasteiger charge is -2.21. The number of nitrogens with zero attached hydrogens (tertiary/aromatic N) is 4.